The summed E-state index contributed by atoms with van der Waals surface area (Å²) in [5, 5.41) is 44.2. The summed E-state index contributed by atoms with van der Waals surface area (Å²) in [5.74, 6) is -2.31. The smallest absolute Gasteiger partial charge is 0.309 e. The Kier molecular flexibility index (Phi) is 17.5. The van der Waals surface area contributed by atoms with Gasteiger partial charge >= 0.3 is 11.9 Å². The Labute approximate surface area is 313 Å². The van der Waals surface area contributed by atoms with Crippen molar-refractivity contribution >= 4 is 18.2 Å². The third-order valence-electron chi connectivity index (χ3n) is 10.4. The van der Waals surface area contributed by atoms with E-state index in [2.05, 4.69) is 0 Å². The van der Waals surface area contributed by atoms with Gasteiger partial charge in [-0.05, 0) is 60.0 Å². The van der Waals surface area contributed by atoms with Crippen LogP contribution in [0.5, 0.6) is 0 Å². The molecule has 53 heavy (non-hydrogen) atoms. The Morgan fingerprint density at radius 1 is 1.04 bits per heavy atom. The van der Waals surface area contributed by atoms with Crippen LogP contribution in [0.15, 0.2) is 24.3 Å². The molecule has 3 aliphatic heterocycles. The van der Waals surface area contributed by atoms with Crippen LogP contribution in [-0.2, 0) is 47.5 Å². The first-order valence-electron chi connectivity index (χ1n) is 18.7. The molecule has 0 amide bonds. The van der Waals surface area contributed by atoms with Gasteiger partial charge in [0, 0.05) is 32.8 Å². The van der Waals surface area contributed by atoms with Gasteiger partial charge in [-0.2, -0.15) is 0 Å². The number of allylic oxidation sites excluding steroid dienone is 2. The van der Waals surface area contributed by atoms with E-state index in [1.807, 2.05) is 13.0 Å². The van der Waals surface area contributed by atoms with Gasteiger partial charge in [0.05, 0.1) is 42.5 Å². The molecule has 15 heteroatoms. The number of carbonyl (C=O) groups excluding carboxylic acids is 3. The van der Waals surface area contributed by atoms with Crippen LogP contribution in [0.25, 0.3) is 0 Å². The number of aliphatic hydroxyl groups excluding tert-OH is 3. The first-order valence-corrected chi connectivity index (χ1v) is 18.7. The van der Waals surface area contributed by atoms with Crippen LogP contribution in [0.3, 0.4) is 0 Å². The van der Waals surface area contributed by atoms with E-state index in [0.717, 1.165) is 6.29 Å². The molecule has 0 aliphatic carbocycles. The lowest BCUT2D eigenvalue weighted by molar-refractivity contribution is -0.344. The Hall–Kier alpha value is -2.31. The number of esters is 2. The molecular formula is C38H63NO14. The van der Waals surface area contributed by atoms with Crippen LogP contribution in [0, 0.1) is 11.8 Å². The van der Waals surface area contributed by atoms with Gasteiger partial charge in [-0.15, -0.1) is 0 Å². The van der Waals surface area contributed by atoms with Gasteiger partial charge < -0.3 is 63.3 Å². The molecule has 3 rings (SSSR count). The minimum absolute atomic E-state index is 0.00772. The topological polar surface area (TPSA) is 200 Å². The van der Waals surface area contributed by atoms with Crippen molar-refractivity contribution in [2.45, 2.75) is 165 Å². The van der Waals surface area contributed by atoms with Crippen molar-refractivity contribution in [1.29, 1.82) is 0 Å². The highest BCUT2D eigenvalue weighted by molar-refractivity contribution is 5.72. The van der Waals surface area contributed by atoms with Gasteiger partial charge in [0.2, 0.25) is 0 Å². The Morgan fingerprint density at radius 3 is 2.34 bits per heavy atom. The lowest BCUT2D eigenvalue weighted by Crippen LogP contribution is -2.65. The minimum Gasteiger partial charge on any atom is -0.462 e. The van der Waals surface area contributed by atoms with Gasteiger partial charge in [0.25, 0.3) is 0 Å². The maximum atomic E-state index is 13.3. The standard InChI is InChI=1S/C38H63NO14/c1-10-28(42)51-27-19-29(43)48-22(3)14-12-11-13-15-26(41)21(2)18-25(16-17-40)34(35(27)47-9)53-37-32(44)31(39(7)8)33(23(4)50-37)52-30-20-38(6,46)36(45)24(5)49-30/h11-13,15,17,21-27,30-37,41,44-46H,10,14,16,18-20H2,1-9H3/t21?,22?,23-,24-,25?,26?,27?,30+,31-,32-,33-,34?,35?,36-,37-,38+/m1/s1. The summed E-state index contributed by atoms with van der Waals surface area (Å²) < 4.78 is 42.6. The number of aldehydes is 1. The number of ether oxygens (including phenoxy) is 7. The molecule has 0 saturated carbocycles. The molecule has 0 aromatic heterocycles. The minimum atomic E-state index is -1.48. The average Bonchev–Trinajstić information content (AvgIpc) is 3.07. The zero-order valence-corrected chi connectivity index (χ0v) is 32.6. The lowest BCUT2D eigenvalue weighted by Gasteiger charge is -2.50. The maximum absolute atomic E-state index is 13.3. The third kappa shape index (κ3) is 12.3. The lowest BCUT2D eigenvalue weighted by atomic mass is 9.82. The summed E-state index contributed by atoms with van der Waals surface area (Å²) in [6, 6.07) is -0.750. The first-order chi connectivity index (χ1) is 24.9. The van der Waals surface area contributed by atoms with Crippen molar-refractivity contribution in [2.75, 3.05) is 21.2 Å². The zero-order chi connectivity index (χ0) is 39.6. The second-order valence-electron chi connectivity index (χ2n) is 15.1. The molecule has 2 saturated heterocycles. The van der Waals surface area contributed by atoms with Crippen LogP contribution < -0.4 is 0 Å². The second-order valence-corrected chi connectivity index (χ2v) is 15.1. The van der Waals surface area contributed by atoms with Crippen LogP contribution in [-0.4, -0.2) is 150 Å². The number of methoxy groups -OCH3 is 1. The fourth-order valence-electron chi connectivity index (χ4n) is 7.38. The van der Waals surface area contributed by atoms with E-state index in [-0.39, 0.29) is 32.1 Å². The highest BCUT2D eigenvalue weighted by atomic mass is 16.7. The summed E-state index contributed by atoms with van der Waals surface area (Å²) in [7, 11) is 4.87. The number of rotatable bonds is 10. The molecule has 0 bridgehead atoms. The van der Waals surface area contributed by atoms with E-state index in [1.165, 1.54) is 14.0 Å². The summed E-state index contributed by atoms with van der Waals surface area (Å²) in [4.78, 5) is 40.0. The van der Waals surface area contributed by atoms with Crippen LogP contribution in [0.2, 0.25) is 0 Å². The normalized spacial score (nSPS) is 42.2. The Bertz CT molecular complexity index is 1230. The van der Waals surface area contributed by atoms with Gasteiger partial charge in [-0.3, -0.25) is 9.59 Å². The molecule has 7 unspecified atom stereocenters. The van der Waals surface area contributed by atoms with Crippen molar-refractivity contribution in [3.63, 3.8) is 0 Å². The van der Waals surface area contributed by atoms with Crippen molar-refractivity contribution in [3.8, 4) is 0 Å². The SMILES string of the molecule is CCC(=O)OC1CC(=O)OC(C)CC=CC=CC(O)C(C)CC(CC=O)C(O[C@H]2O[C@H](C)[C@@H](O[C@H]3C[C@](C)(O)[C@H](O)[C@@H](C)O3)[C@H](N(C)C)[C@H]2O)C1OC. The van der Waals surface area contributed by atoms with Crippen molar-refractivity contribution in [2.24, 2.45) is 11.8 Å². The molecule has 16 atom stereocenters. The van der Waals surface area contributed by atoms with E-state index in [1.54, 1.807) is 64.9 Å². The predicted octanol–water partition coefficient (Wildman–Crippen LogP) is 1.81. The van der Waals surface area contributed by atoms with Crippen LogP contribution in [0.4, 0.5) is 0 Å². The fraction of sp³-hybridized carbons (Fsp3) is 0.816. The fourth-order valence-corrected chi connectivity index (χ4v) is 7.38. The van der Waals surface area contributed by atoms with Gasteiger partial charge in [-0.1, -0.05) is 38.2 Å². The molecule has 3 heterocycles. The van der Waals surface area contributed by atoms with E-state index >= 15 is 0 Å². The van der Waals surface area contributed by atoms with Crippen molar-refractivity contribution < 1.29 is 68.0 Å². The Balaban J connectivity index is 2.04. The molecular weight excluding hydrogens is 694 g/mol. The molecule has 0 spiro atoms. The summed E-state index contributed by atoms with van der Waals surface area (Å²) in [5.41, 5.74) is -1.48. The number of cyclic esters (lactones) is 1. The van der Waals surface area contributed by atoms with E-state index in [9.17, 15) is 34.8 Å². The van der Waals surface area contributed by atoms with E-state index < -0.39 is 109 Å². The second kappa shape index (κ2) is 20.6. The molecule has 0 radical (unpaired) electrons. The third-order valence-corrected chi connectivity index (χ3v) is 10.4. The quantitative estimate of drug-likeness (QED) is 0.186. The van der Waals surface area contributed by atoms with Crippen molar-refractivity contribution in [1.82, 2.24) is 4.90 Å². The maximum Gasteiger partial charge on any atom is 0.309 e. The highest BCUT2D eigenvalue weighted by Crippen LogP contribution is 2.37. The van der Waals surface area contributed by atoms with E-state index in [0.29, 0.717) is 6.42 Å². The molecule has 15 nitrogen and oxygen atoms in total. The van der Waals surface area contributed by atoms with E-state index in [4.69, 9.17) is 33.2 Å². The molecule has 3 aliphatic rings. The highest BCUT2D eigenvalue weighted by Gasteiger charge is 2.52. The number of carbonyl (C=O) groups is 3. The number of aliphatic hydroxyl groups is 4. The molecule has 304 valence electrons. The number of nitrogens with zero attached hydrogens (tertiary/aromatic N) is 1. The summed E-state index contributed by atoms with van der Waals surface area (Å²) >= 11 is 0. The summed E-state index contributed by atoms with van der Waals surface area (Å²) in [6.45, 7) is 10.0. The molecule has 0 aromatic rings. The largest absolute Gasteiger partial charge is 0.462 e. The zero-order valence-electron chi connectivity index (χ0n) is 32.6. The van der Waals surface area contributed by atoms with Crippen LogP contribution >= 0.6 is 0 Å². The molecule has 0 aromatic carbocycles. The number of likely N-dealkylation sites (N-methyl/N-ethyl adjacent to an activating group) is 1. The van der Waals surface area contributed by atoms with Gasteiger partial charge in [0.15, 0.2) is 12.6 Å². The van der Waals surface area contributed by atoms with Crippen LogP contribution in [0.1, 0.15) is 80.1 Å². The average molecular weight is 758 g/mol. The predicted molar refractivity (Wildman–Crippen MR) is 191 cm³/mol. The van der Waals surface area contributed by atoms with Gasteiger partial charge in [-0.25, -0.2) is 0 Å². The van der Waals surface area contributed by atoms with Crippen molar-refractivity contribution in [3.05, 3.63) is 24.3 Å². The number of hydrogen-bond donors (Lipinski definition) is 4. The molecule has 2 fully saturated rings. The first kappa shape index (κ1) is 45.1. The monoisotopic (exact) mass is 757 g/mol. The van der Waals surface area contributed by atoms with Gasteiger partial charge in [0.1, 0.15) is 42.9 Å². The number of hydrogen-bond acceptors (Lipinski definition) is 15. The summed E-state index contributed by atoms with van der Waals surface area (Å²) in [6.07, 6.45) is -4.13. The Morgan fingerprint density at radius 2 is 1.74 bits per heavy atom. The molecule has 4 N–H and O–H groups in total.